The van der Waals surface area contributed by atoms with Gasteiger partial charge in [0.25, 0.3) is 0 Å². The summed E-state index contributed by atoms with van der Waals surface area (Å²) < 4.78 is 25.2. The van der Waals surface area contributed by atoms with E-state index in [0.29, 0.717) is 26.6 Å². The molecule has 2 nitrogen and oxygen atoms in total. The van der Waals surface area contributed by atoms with Gasteiger partial charge in [-0.2, -0.15) is 0 Å². The molecule has 0 aliphatic rings. The van der Waals surface area contributed by atoms with E-state index in [0.717, 1.165) is 5.56 Å². The third kappa shape index (κ3) is 3.20. The molecular formula is C15H12Br2ClFO2. The molecule has 0 aliphatic carbocycles. The number of halogens is 4. The van der Waals surface area contributed by atoms with Gasteiger partial charge in [0.2, 0.25) is 0 Å². The van der Waals surface area contributed by atoms with E-state index >= 15 is 0 Å². The Kier molecular flexibility index (Phi) is 5.52. The molecule has 0 radical (unpaired) electrons. The third-order valence-electron chi connectivity index (χ3n) is 3.04. The topological polar surface area (TPSA) is 18.5 Å². The van der Waals surface area contributed by atoms with Gasteiger partial charge in [0, 0.05) is 11.1 Å². The van der Waals surface area contributed by atoms with Gasteiger partial charge in [0.05, 0.1) is 23.5 Å². The second kappa shape index (κ2) is 6.99. The van der Waals surface area contributed by atoms with Gasteiger partial charge in [-0.3, -0.25) is 0 Å². The Balaban J connectivity index is 2.56. The Labute approximate surface area is 144 Å². The SMILES string of the molecule is COc1ccc(C(Br)c2cccc(Br)c2F)c(OC)c1Cl. The molecule has 0 saturated heterocycles. The van der Waals surface area contributed by atoms with Crippen LogP contribution in [-0.2, 0) is 0 Å². The van der Waals surface area contributed by atoms with Crippen LogP contribution in [0.5, 0.6) is 11.5 Å². The molecule has 21 heavy (non-hydrogen) atoms. The largest absolute Gasteiger partial charge is 0.495 e. The Morgan fingerprint density at radius 3 is 2.43 bits per heavy atom. The molecule has 0 N–H and O–H groups in total. The van der Waals surface area contributed by atoms with Crippen LogP contribution in [0.25, 0.3) is 0 Å². The second-order valence-corrected chi connectivity index (χ2v) is 6.36. The van der Waals surface area contributed by atoms with E-state index in [4.69, 9.17) is 21.1 Å². The molecule has 2 rings (SSSR count). The molecule has 1 atom stereocenters. The van der Waals surface area contributed by atoms with Crippen LogP contribution in [0.4, 0.5) is 4.39 Å². The standard InChI is InChI=1S/C15H12Br2ClFO2/c1-20-11-7-6-9(15(21-2)13(11)18)12(17)8-4-3-5-10(16)14(8)19/h3-7,12H,1-2H3. The summed E-state index contributed by atoms with van der Waals surface area (Å²) in [5.41, 5.74) is 1.21. The highest BCUT2D eigenvalue weighted by Crippen LogP contribution is 2.45. The third-order valence-corrected chi connectivity index (χ3v) is 5.00. The average molecular weight is 439 g/mol. The number of methoxy groups -OCH3 is 2. The molecule has 6 heteroatoms. The van der Waals surface area contributed by atoms with E-state index < -0.39 is 4.83 Å². The van der Waals surface area contributed by atoms with E-state index in [-0.39, 0.29) is 5.82 Å². The van der Waals surface area contributed by atoms with Crippen LogP contribution in [-0.4, -0.2) is 14.2 Å². The fourth-order valence-electron chi connectivity index (χ4n) is 2.00. The fourth-order valence-corrected chi connectivity index (χ4v) is 3.42. The van der Waals surface area contributed by atoms with Crippen molar-refractivity contribution in [2.45, 2.75) is 4.83 Å². The number of alkyl halides is 1. The van der Waals surface area contributed by atoms with Crippen LogP contribution in [0.2, 0.25) is 5.02 Å². The van der Waals surface area contributed by atoms with Crippen LogP contribution >= 0.6 is 43.5 Å². The van der Waals surface area contributed by atoms with Crippen LogP contribution in [0.1, 0.15) is 16.0 Å². The maximum absolute atomic E-state index is 14.2. The Hall–Kier alpha value is -0.780. The summed E-state index contributed by atoms with van der Waals surface area (Å²) in [6.45, 7) is 0. The lowest BCUT2D eigenvalue weighted by atomic mass is 10.0. The number of benzene rings is 2. The van der Waals surface area contributed by atoms with Crippen molar-refractivity contribution in [3.63, 3.8) is 0 Å². The highest BCUT2D eigenvalue weighted by Gasteiger charge is 2.23. The minimum absolute atomic E-state index is 0.326. The lowest BCUT2D eigenvalue weighted by Gasteiger charge is -2.18. The Morgan fingerprint density at radius 2 is 1.81 bits per heavy atom. The zero-order chi connectivity index (χ0) is 15.6. The highest BCUT2D eigenvalue weighted by molar-refractivity contribution is 9.10. The van der Waals surface area contributed by atoms with E-state index in [1.807, 2.05) is 0 Å². The lowest BCUT2D eigenvalue weighted by Crippen LogP contribution is -2.01. The van der Waals surface area contributed by atoms with Crippen molar-refractivity contribution in [1.29, 1.82) is 0 Å². The van der Waals surface area contributed by atoms with Crippen molar-refractivity contribution in [2.24, 2.45) is 0 Å². The van der Waals surface area contributed by atoms with Gasteiger partial charge in [0.15, 0.2) is 0 Å². The lowest BCUT2D eigenvalue weighted by molar-refractivity contribution is 0.392. The summed E-state index contributed by atoms with van der Waals surface area (Å²) in [6, 6.07) is 8.65. The van der Waals surface area contributed by atoms with Gasteiger partial charge in [0.1, 0.15) is 22.3 Å². The molecular weight excluding hydrogens is 426 g/mol. The first-order valence-electron chi connectivity index (χ1n) is 5.99. The zero-order valence-electron chi connectivity index (χ0n) is 11.3. The van der Waals surface area contributed by atoms with Crippen molar-refractivity contribution < 1.29 is 13.9 Å². The molecule has 0 saturated carbocycles. The van der Waals surface area contributed by atoms with Crippen molar-refractivity contribution in [3.05, 3.63) is 56.8 Å². The molecule has 0 aromatic heterocycles. The second-order valence-electron chi connectivity index (χ2n) is 4.21. The highest BCUT2D eigenvalue weighted by atomic mass is 79.9. The monoisotopic (exact) mass is 436 g/mol. The molecule has 112 valence electrons. The van der Waals surface area contributed by atoms with Crippen LogP contribution < -0.4 is 9.47 Å². The zero-order valence-corrected chi connectivity index (χ0v) is 15.2. The minimum Gasteiger partial charge on any atom is -0.495 e. The number of hydrogen-bond donors (Lipinski definition) is 0. The molecule has 0 spiro atoms. The van der Waals surface area contributed by atoms with Gasteiger partial charge in [-0.15, -0.1) is 0 Å². The van der Waals surface area contributed by atoms with E-state index in [1.165, 1.54) is 14.2 Å². The fraction of sp³-hybridized carbons (Fsp3) is 0.200. The van der Waals surface area contributed by atoms with E-state index in [2.05, 4.69) is 31.9 Å². The Bertz CT molecular complexity index is 664. The van der Waals surface area contributed by atoms with Crippen LogP contribution in [0.3, 0.4) is 0 Å². The van der Waals surface area contributed by atoms with Gasteiger partial charge >= 0.3 is 0 Å². The van der Waals surface area contributed by atoms with Gasteiger partial charge < -0.3 is 9.47 Å². The predicted molar refractivity (Wildman–Crippen MR) is 89.4 cm³/mol. The summed E-state index contributed by atoms with van der Waals surface area (Å²) in [6.07, 6.45) is 0. The first-order valence-corrected chi connectivity index (χ1v) is 8.08. The summed E-state index contributed by atoms with van der Waals surface area (Å²) in [7, 11) is 3.04. The van der Waals surface area contributed by atoms with Crippen LogP contribution in [0, 0.1) is 5.82 Å². The summed E-state index contributed by atoms with van der Waals surface area (Å²) in [5.74, 6) is 0.636. The normalized spacial score (nSPS) is 12.1. The maximum atomic E-state index is 14.2. The summed E-state index contributed by atoms with van der Waals surface area (Å²) >= 11 is 12.9. The Morgan fingerprint density at radius 1 is 1.10 bits per heavy atom. The molecule has 2 aromatic carbocycles. The van der Waals surface area contributed by atoms with Crippen molar-refractivity contribution in [3.8, 4) is 11.5 Å². The van der Waals surface area contributed by atoms with Gasteiger partial charge in [-0.1, -0.05) is 45.7 Å². The minimum atomic E-state index is -0.395. The van der Waals surface area contributed by atoms with Crippen molar-refractivity contribution in [1.82, 2.24) is 0 Å². The quantitative estimate of drug-likeness (QED) is 0.567. The molecule has 0 fully saturated rings. The molecule has 0 bridgehead atoms. The van der Waals surface area contributed by atoms with Gasteiger partial charge in [-0.05, 0) is 28.1 Å². The number of rotatable bonds is 4. The molecule has 1 unspecified atom stereocenters. The molecule has 0 aliphatic heterocycles. The summed E-state index contributed by atoms with van der Waals surface area (Å²) in [4.78, 5) is -0.395. The summed E-state index contributed by atoms with van der Waals surface area (Å²) in [5, 5.41) is 0.359. The van der Waals surface area contributed by atoms with Gasteiger partial charge in [-0.25, -0.2) is 4.39 Å². The van der Waals surface area contributed by atoms with Crippen molar-refractivity contribution in [2.75, 3.05) is 14.2 Å². The number of hydrogen-bond acceptors (Lipinski definition) is 2. The first kappa shape index (κ1) is 16.6. The molecule has 0 heterocycles. The smallest absolute Gasteiger partial charge is 0.145 e. The van der Waals surface area contributed by atoms with Crippen LogP contribution in [0.15, 0.2) is 34.8 Å². The number of ether oxygens (including phenoxy) is 2. The first-order chi connectivity index (χ1) is 10.0. The molecule has 0 amide bonds. The van der Waals surface area contributed by atoms with E-state index in [9.17, 15) is 4.39 Å². The molecule has 2 aromatic rings. The predicted octanol–water partition coefficient (Wildman–Crippen LogP) is 5.74. The van der Waals surface area contributed by atoms with Crippen molar-refractivity contribution >= 4 is 43.5 Å². The van der Waals surface area contributed by atoms with E-state index in [1.54, 1.807) is 30.3 Å². The average Bonchev–Trinajstić information content (AvgIpc) is 2.49. The maximum Gasteiger partial charge on any atom is 0.145 e.